The molecule has 8 nitrogen and oxygen atoms in total. The van der Waals surface area contributed by atoms with Gasteiger partial charge in [0.2, 0.25) is 5.75 Å². The number of rotatable bonds is 6. The summed E-state index contributed by atoms with van der Waals surface area (Å²) in [6.07, 6.45) is 1.74. The third kappa shape index (κ3) is 3.22. The van der Waals surface area contributed by atoms with Gasteiger partial charge in [0.15, 0.2) is 17.1 Å². The van der Waals surface area contributed by atoms with E-state index >= 15 is 0 Å². The summed E-state index contributed by atoms with van der Waals surface area (Å²) < 4.78 is 23.4. The quantitative estimate of drug-likeness (QED) is 0.488. The molecule has 2 aromatic carbocycles. The minimum absolute atomic E-state index is 0.531. The molecule has 2 aromatic heterocycles. The average Bonchev–Trinajstić information content (AvgIpc) is 3.22. The summed E-state index contributed by atoms with van der Waals surface area (Å²) in [5, 5.41) is 4.75. The minimum Gasteiger partial charge on any atom is -0.495 e. The summed E-state index contributed by atoms with van der Waals surface area (Å²) in [5.41, 5.74) is 10.6. The zero-order valence-corrected chi connectivity index (χ0v) is 17.2. The molecule has 30 heavy (non-hydrogen) atoms. The molecule has 0 spiro atoms. The standard InChI is InChI=1S/C22H22N4O4/c1-27-18-6-5-13(9-15(18)23)16-12-21-24-8-7-17(26(21)25-16)14-10-19(28-2)22(30-4)20(11-14)29-3/h5-12H,23H2,1-4H3. The van der Waals surface area contributed by atoms with Gasteiger partial charge in [-0.2, -0.15) is 5.10 Å². The molecule has 0 atom stereocenters. The number of nitrogens with zero attached hydrogens (tertiary/aromatic N) is 3. The van der Waals surface area contributed by atoms with E-state index in [-0.39, 0.29) is 0 Å². The lowest BCUT2D eigenvalue weighted by Gasteiger charge is -2.14. The molecular formula is C22H22N4O4. The van der Waals surface area contributed by atoms with Crippen LogP contribution in [0.25, 0.3) is 28.2 Å². The number of nitrogens with two attached hydrogens (primary N) is 1. The van der Waals surface area contributed by atoms with Crippen molar-refractivity contribution in [3.8, 4) is 45.5 Å². The van der Waals surface area contributed by atoms with Crippen LogP contribution in [0.15, 0.2) is 48.7 Å². The van der Waals surface area contributed by atoms with Crippen LogP contribution in [-0.4, -0.2) is 43.0 Å². The summed E-state index contributed by atoms with van der Waals surface area (Å²) in [5.74, 6) is 2.28. The highest BCUT2D eigenvalue weighted by atomic mass is 16.5. The fourth-order valence-corrected chi connectivity index (χ4v) is 3.38. The van der Waals surface area contributed by atoms with E-state index in [9.17, 15) is 0 Å². The number of aromatic nitrogens is 3. The predicted molar refractivity (Wildman–Crippen MR) is 114 cm³/mol. The van der Waals surface area contributed by atoms with Gasteiger partial charge in [-0.15, -0.1) is 0 Å². The van der Waals surface area contributed by atoms with Crippen LogP contribution in [0.1, 0.15) is 0 Å². The molecule has 154 valence electrons. The third-order valence-corrected chi connectivity index (χ3v) is 4.84. The van der Waals surface area contributed by atoms with Crippen molar-refractivity contribution in [2.75, 3.05) is 34.2 Å². The maximum Gasteiger partial charge on any atom is 0.203 e. The van der Waals surface area contributed by atoms with Crippen LogP contribution in [0.3, 0.4) is 0 Å². The molecule has 4 rings (SSSR count). The zero-order valence-electron chi connectivity index (χ0n) is 17.2. The van der Waals surface area contributed by atoms with Crippen molar-refractivity contribution in [3.63, 3.8) is 0 Å². The molecule has 4 aromatic rings. The number of hydrogen-bond donors (Lipinski definition) is 1. The minimum atomic E-state index is 0.531. The molecule has 0 radical (unpaired) electrons. The Morgan fingerprint density at radius 1 is 0.767 bits per heavy atom. The molecule has 0 fully saturated rings. The first-order valence-electron chi connectivity index (χ1n) is 9.18. The van der Waals surface area contributed by atoms with E-state index in [0.717, 1.165) is 22.5 Å². The number of fused-ring (bicyclic) bond motifs is 1. The molecule has 0 unspecified atom stereocenters. The van der Waals surface area contributed by atoms with Gasteiger partial charge >= 0.3 is 0 Å². The highest BCUT2D eigenvalue weighted by Gasteiger charge is 2.17. The Morgan fingerprint density at radius 3 is 2.07 bits per heavy atom. The first-order valence-corrected chi connectivity index (χ1v) is 9.18. The van der Waals surface area contributed by atoms with Crippen molar-refractivity contribution in [2.24, 2.45) is 0 Å². The van der Waals surface area contributed by atoms with Gasteiger partial charge in [0.1, 0.15) is 5.75 Å². The van der Waals surface area contributed by atoms with Crippen molar-refractivity contribution in [2.45, 2.75) is 0 Å². The number of nitrogen functional groups attached to an aromatic ring is 1. The van der Waals surface area contributed by atoms with E-state index in [2.05, 4.69) is 4.98 Å². The molecule has 0 aliphatic heterocycles. The monoisotopic (exact) mass is 406 g/mol. The van der Waals surface area contributed by atoms with Crippen LogP contribution in [0.5, 0.6) is 23.0 Å². The topological polar surface area (TPSA) is 93.1 Å². The molecule has 2 heterocycles. The lowest BCUT2D eigenvalue weighted by atomic mass is 10.1. The van der Waals surface area contributed by atoms with E-state index in [1.807, 2.05) is 42.5 Å². The third-order valence-electron chi connectivity index (χ3n) is 4.84. The van der Waals surface area contributed by atoms with E-state index in [1.165, 1.54) is 0 Å². The van der Waals surface area contributed by atoms with Gasteiger partial charge in [0, 0.05) is 23.4 Å². The van der Waals surface area contributed by atoms with Gasteiger partial charge in [-0.1, -0.05) is 0 Å². The normalized spacial score (nSPS) is 10.8. The van der Waals surface area contributed by atoms with Gasteiger partial charge in [-0.25, -0.2) is 9.50 Å². The van der Waals surface area contributed by atoms with Gasteiger partial charge in [0.05, 0.1) is 45.5 Å². The lowest BCUT2D eigenvalue weighted by molar-refractivity contribution is 0.324. The van der Waals surface area contributed by atoms with Gasteiger partial charge in [-0.05, 0) is 36.4 Å². The van der Waals surface area contributed by atoms with Crippen LogP contribution in [0.2, 0.25) is 0 Å². The molecule has 0 aliphatic carbocycles. The fraction of sp³-hybridized carbons (Fsp3) is 0.182. The summed E-state index contributed by atoms with van der Waals surface area (Å²) in [7, 11) is 6.33. The Morgan fingerprint density at radius 2 is 1.47 bits per heavy atom. The lowest BCUT2D eigenvalue weighted by Crippen LogP contribution is -1.99. The molecular weight excluding hydrogens is 384 g/mol. The van der Waals surface area contributed by atoms with Gasteiger partial charge < -0.3 is 24.7 Å². The highest BCUT2D eigenvalue weighted by molar-refractivity contribution is 5.74. The summed E-state index contributed by atoms with van der Waals surface area (Å²) in [4.78, 5) is 4.45. The summed E-state index contributed by atoms with van der Waals surface area (Å²) in [6.45, 7) is 0. The van der Waals surface area contributed by atoms with Crippen molar-refractivity contribution in [1.29, 1.82) is 0 Å². The average molecular weight is 406 g/mol. The summed E-state index contributed by atoms with van der Waals surface area (Å²) >= 11 is 0. The fourth-order valence-electron chi connectivity index (χ4n) is 3.38. The Balaban J connectivity index is 1.87. The van der Waals surface area contributed by atoms with Crippen LogP contribution in [-0.2, 0) is 0 Å². The first kappa shape index (κ1) is 19.4. The molecule has 2 N–H and O–H groups in total. The molecule has 0 amide bonds. The smallest absolute Gasteiger partial charge is 0.203 e. The van der Waals surface area contributed by atoms with Crippen molar-refractivity contribution in [3.05, 3.63) is 48.7 Å². The second kappa shape index (κ2) is 7.82. The van der Waals surface area contributed by atoms with Gasteiger partial charge in [0.25, 0.3) is 0 Å². The van der Waals surface area contributed by atoms with Crippen molar-refractivity contribution < 1.29 is 18.9 Å². The van der Waals surface area contributed by atoms with E-state index in [4.69, 9.17) is 29.8 Å². The zero-order chi connectivity index (χ0) is 21.3. The van der Waals surface area contributed by atoms with Crippen LogP contribution in [0, 0.1) is 0 Å². The number of hydrogen-bond acceptors (Lipinski definition) is 7. The predicted octanol–water partition coefficient (Wildman–Crippen LogP) is 3.68. The van der Waals surface area contributed by atoms with Crippen LogP contribution in [0.4, 0.5) is 5.69 Å². The Bertz CT molecular complexity index is 1190. The number of methoxy groups -OCH3 is 4. The molecule has 0 bridgehead atoms. The number of anilines is 1. The Labute approximate surface area is 173 Å². The van der Waals surface area contributed by atoms with E-state index in [0.29, 0.717) is 34.3 Å². The number of ether oxygens (including phenoxy) is 4. The molecule has 8 heteroatoms. The Hall–Kier alpha value is -3.94. The highest BCUT2D eigenvalue weighted by Crippen LogP contribution is 2.41. The second-order valence-corrected chi connectivity index (χ2v) is 6.50. The first-order chi connectivity index (χ1) is 14.6. The molecule has 0 saturated heterocycles. The molecule has 0 aliphatic rings. The number of benzene rings is 2. The van der Waals surface area contributed by atoms with Crippen molar-refractivity contribution in [1.82, 2.24) is 14.6 Å². The second-order valence-electron chi connectivity index (χ2n) is 6.50. The van der Waals surface area contributed by atoms with Crippen LogP contribution < -0.4 is 24.7 Å². The largest absolute Gasteiger partial charge is 0.495 e. The van der Waals surface area contributed by atoms with Gasteiger partial charge in [-0.3, -0.25) is 0 Å². The molecule has 0 saturated carbocycles. The summed E-state index contributed by atoms with van der Waals surface area (Å²) in [6, 6.07) is 13.1. The maximum atomic E-state index is 6.06. The van der Waals surface area contributed by atoms with Crippen molar-refractivity contribution >= 4 is 11.3 Å². The van der Waals surface area contributed by atoms with Crippen LogP contribution >= 0.6 is 0 Å². The maximum absolute atomic E-state index is 6.06. The van der Waals surface area contributed by atoms with E-state index in [1.54, 1.807) is 39.2 Å². The SMILES string of the molecule is COc1ccc(-c2cc3nccc(-c4cc(OC)c(OC)c(OC)c4)n3n2)cc1N. The van der Waals surface area contributed by atoms with E-state index < -0.39 is 0 Å². The Kier molecular flexibility index (Phi) is 5.05.